The zero-order valence-corrected chi connectivity index (χ0v) is 45.2. The molecular weight excluding hydrogens is 969 g/mol. The number of anilines is 2. The van der Waals surface area contributed by atoms with Crippen molar-refractivity contribution in [2.75, 3.05) is 23.0 Å². The molecule has 6 aliphatic heterocycles. The Morgan fingerprint density at radius 2 is 1.09 bits per heavy atom. The molecule has 372 valence electrons. The number of nitrogens with zero attached hydrogens (tertiary/aromatic N) is 8. The summed E-state index contributed by atoms with van der Waals surface area (Å²) in [5.41, 5.74) is -1.49. The third kappa shape index (κ3) is 7.22. The molecule has 4 unspecified atom stereocenters. The number of aliphatic hydroxyl groups is 2. The first kappa shape index (κ1) is 50.5. The van der Waals surface area contributed by atoms with Gasteiger partial charge >= 0.3 is 0 Å². The summed E-state index contributed by atoms with van der Waals surface area (Å²) in [6.45, 7) is 33.3. The molecule has 18 nitrogen and oxygen atoms in total. The minimum atomic E-state index is -2.03. The summed E-state index contributed by atoms with van der Waals surface area (Å²) in [5.74, 6) is -4.56. The van der Waals surface area contributed by atoms with Gasteiger partial charge in [-0.1, -0.05) is 47.6 Å². The summed E-state index contributed by atoms with van der Waals surface area (Å²) in [7, 11) is -4.05. The Hall–Kier alpha value is -4.47. The largest absolute Gasteiger partial charge is 0.417 e. The predicted octanol–water partition coefficient (Wildman–Crippen LogP) is 7.42. The molecule has 8 heterocycles. The average Bonchev–Trinajstić information content (AvgIpc) is 4.14. The Balaban J connectivity index is 0.000000174. The molecule has 2 N–H and O–H groups in total. The van der Waals surface area contributed by atoms with E-state index < -0.39 is 86.7 Å². The molecule has 0 spiro atoms. The molecule has 4 aromatic rings. The summed E-state index contributed by atoms with van der Waals surface area (Å²) in [6, 6.07) is 8.35. The lowest BCUT2D eigenvalue weighted by Crippen LogP contribution is -2.50. The highest BCUT2D eigenvalue weighted by Crippen LogP contribution is 2.64. The molecule has 4 bridgehead atoms. The van der Waals surface area contributed by atoms with Gasteiger partial charge in [0, 0.05) is 26.1 Å². The van der Waals surface area contributed by atoms with E-state index in [0.29, 0.717) is 70.7 Å². The highest BCUT2D eigenvalue weighted by Gasteiger charge is 2.78. The molecule has 0 saturated carbocycles. The summed E-state index contributed by atoms with van der Waals surface area (Å²) < 4.78 is 42.5. The Morgan fingerprint density at radius 1 is 0.700 bits per heavy atom. The van der Waals surface area contributed by atoms with E-state index >= 15 is 0 Å². The van der Waals surface area contributed by atoms with E-state index in [-0.39, 0.29) is 34.7 Å². The molecule has 6 saturated heterocycles. The van der Waals surface area contributed by atoms with Crippen LogP contribution in [0, 0.1) is 41.6 Å². The third-order valence-corrected chi connectivity index (χ3v) is 27.4. The second-order valence-electron chi connectivity index (χ2n) is 23.2. The Bertz CT molecular complexity index is 2760. The van der Waals surface area contributed by atoms with Crippen LogP contribution in [0.3, 0.4) is 0 Å². The highest BCUT2D eigenvalue weighted by molar-refractivity contribution is 7.00. The SMILES string of the molecule is CC12OC(CCO[Si](C)(C)C(C)(C)C)(C[C@@H]1O)[C@H]1C(=O)N(c3ccc(C#N)c4nsnc34)C(=O)[C@H]12.[C-]#[N+]c1ccc(N2C(=O)[C@@H]3[C@H](C2=O)C2(C)OC3(CCO[Si](C)(C)C(C)(C)C)C[C@H]2O)c2nsnc12. The summed E-state index contributed by atoms with van der Waals surface area (Å²) >= 11 is 1.87. The molecule has 10 rings (SSSR count). The second-order valence-corrected chi connectivity index (χ2v) is 33.9. The number of rotatable bonds is 10. The topological polar surface area (TPSA) is 232 Å². The van der Waals surface area contributed by atoms with Crippen molar-refractivity contribution >= 4 is 103 Å². The number of hydrogen-bond donors (Lipinski definition) is 2. The molecule has 6 aliphatic rings. The van der Waals surface area contributed by atoms with Gasteiger partial charge in [0.1, 0.15) is 39.3 Å². The first-order valence-corrected chi connectivity index (χ1v) is 30.9. The summed E-state index contributed by atoms with van der Waals surface area (Å²) in [4.78, 5) is 61.1. The van der Waals surface area contributed by atoms with Crippen LogP contribution in [0.1, 0.15) is 86.6 Å². The number of imide groups is 2. The third-order valence-electron chi connectivity index (χ3n) is 17.3. The fourth-order valence-electron chi connectivity index (χ4n) is 11.3. The van der Waals surface area contributed by atoms with Crippen LogP contribution in [0.4, 0.5) is 17.1 Å². The van der Waals surface area contributed by atoms with Gasteiger partial charge in [0.05, 0.1) is 94.0 Å². The predicted molar refractivity (Wildman–Crippen MR) is 266 cm³/mol. The molecule has 70 heavy (non-hydrogen) atoms. The molecule has 4 amide bonds. The average molecular weight is 1030 g/mol. The number of amides is 4. The number of carbonyl (C=O) groups excluding carboxylic acids is 4. The zero-order chi connectivity index (χ0) is 51.1. The molecule has 0 radical (unpaired) electrons. The number of benzene rings is 2. The molecule has 6 fully saturated rings. The van der Waals surface area contributed by atoms with Crippen molar-refractivity contribution < 1.29 is 47.7 Å². The zero-order valence-electron chi connectivity index (χ0n) is 41.6. The van der Waals surface area contributed by atoms with Gasteiger partial charge in [0.15, 0.2) is 16.6 Å². The van der Waals surface area contributed by atoms with Crippen molar-refractivity contribution in [2.45, 2.75) is 152 Å². The molecule has 22 heteroatoms. The van der Waals surface area contributed by atoms with Gasteiger partial charge in [-0.15, -0.1) is 0 Å². The smallest absolute Gasteiger partial charge is 0.240 e. The molecule has 10 atom stereocenters. The number of aliphatic hydroxyl groups excluding tert-OH is 2. The Labute approximate surface area is 417 Å². The van der Waals surface area contributed by atoms with Gasteiger partial charge in [-0.2, -0.15) is 22.8 Å². The standard InChI is InChI=1S/2C24H30N4O5SSi/c1-22(2,3)35(6,7)32-11-10-24-12-15(29)23(4,33-24)16-17(24)21(31)28(20(16)30)14-9-8-13(25-5)18-19(14)27-34-26-18;1-22(2,3)35(5,6)32-10-9-24-11-15(29)23(4,33-24)16-17(24)21(31)28(20(16)30)14-8-7-13(12-25)18-19(14)27-34-26-18/h8-9,15-17,29H,10-12H2,1-4,6-7H3;7-8,15-17,29H,9-11H2,1-6H3/t2*15-,16-,17+,23?,24?/m10/s1. The number of aromatic nitrogens is 4. The Morgan fingerprint density at radius 3 is 1.50 bits per heavy atom. The van der Waals surface area contributed by atoms with Crippen LogP contribution in [0.25, 0.3) is 26.9 Å². The number of ether oxygens (including phenoxy) is 2. The van der Waals surface area contributed by atoms with E-state index in [4.69, 9.17) is 24.9 Å². The number of hydrogen-bond acceptors (Lipinski definition) is 17. The van der Waals surface area contributed by atoms with Gasteiger partial charge in [0.25, 0.3) is 0 Å². The number of nitriles is 1. The minimum absolute atomic E-state index is 0.0336. The van der Waals surface area contributed by atoms with Crippen molar-refractivity contribution in [1.29, 1.82) is 5.26 Å². The first-order chi connectivity index (χ1) is 32.5. The van der Waals surface area contributed by atoms with Crippen LogP contribution < -0.4 is 9.80 Å². The first-order valence-electron chi connectivity index (χ1n) is 23.6. The normalized spacial score (nSPS) is 32.5. The van der Waals surface area contributed by atoms with Crippen LogP contribution in [0.5, 0.6) is 0 Å². The van der Waals surface area contributed by atoms with Crippen molar-refractivity contribution in [3.05, 3.63) is 41.2 Å². The number of fused-ring (bicyclic) bond motifs is 12. The van der Waals surface area contributed by atoms with Crippen LogP contribution in [0.2, 0.25) is 36.3 Å². The van der Waals surface area contributed by atoms with E-state index in [9.17, 15) is 34.7 Å². The maximum atomic E-state index is 13.9. The lowest BCUT2D eigenvalue weighted by atomic mass is 9.66. The van der Waals surface area contributed by atoms with E-state index in [1.165, 1.54) is 9.80 Å². The van der Waals surface area contributed by atoms with Crippen LogP contribution in [0.15, 0.2) is 24.3 Å². The van der Waals surface area contributed by atoms with Crippen molar-refractivity contribution in [3.8, 4) is 6.07 Å². The van der Waals surface area contributed by atoms with Crippen molar-refractivity contribution in [2.24, 2.45) is 23.7 Å². The van der Waals surface area contributed by atoms with E-state index in [1.54, 1.807) is 38.1 Å². The van der Waals surface area contributed by atoms with E-state index in [1.807, 2.05) is 0 Å². The summed E-state index contributed by atoms with van der Waals surface area (Å²) in [5, 5.41) is 31.4. The van der Waals surface area contributed by atoms with Crippen LogP contribution in [-0.2, 0) is 37.5 Å². The fraction of sp³-hybridized carbons (Fsp3) is 0.625. The van der Waals surface area contributed by atoms with E-state index in [0.717, 1.165) is 23.5 Å². The summed E-state index contributed by atoms with van der Waals surface area (Å²) in [6.07, 6.45) is -0.331. The monoisotopic (exact) mass is 1030 g/mol. The van der Waals surface area contributed by atoms with Crippen molar-refractivity contribution in [1.82, 2.24) is 17.5 Å². The van der Waals surface area contributed by atoms with Gasteiger partial charge in [-0.3, -0.25) is 19.2 Å². The number of carbonyl (C=O) groups is 4. The van der Waals surface area contributed by atoms with Gasteiger partial charge in [-0.05, 0) is 81.2 Å². The van der Waals surface area contributed by atoms with Crippen LogP contribution >= 0.6 is 23.5 Å². The van der Waals surface area contributed by atoms with E-state index in [2.05, 4.69) is 96.1 Å². The van der Waals surface area contributed by atoms with Crippen LogP contribution in [-0.4, -0.2) is 116 Å². The van der Waals surface area contributed by atoms with Gasteiger partial charge in [-0.25, -0.2) is 14.6 Å². The van der Waals surface area contributed by atoms with Gasteiger partial charge in [0.2, 0.25) is 29.3 Å². The van der Waals surface area contributed by atoms with Crippen molar-refractivity contribution in [3.63, 3.8) is 0 Å². The molecule has 2 aromatic carbocycles. The highest BCUT2D eigenvalue weighted by atomic mass is 32.1. The Kier molecular flexibility index (Phi) is 11.9. The fourth-order valence-corrected chi connectivity index (χ4v) is 14.6. The molecule has 2 aromatic heterocycles. The lowest BCUT2D eigenvalue weighted by molar-refractivity contribution is -0.135. The lowest BCUT2D eigenvalue weighted by Gasteiger charge is -2.38. The van der Waals surface area contributed by atoms with Gasteiger partial charge < -0.3 is 28.5 Å². The maximum Gasteiger partial charge on any atom is 0.240 e. The quantitative estimate of drug-likeness (QED) is 0.0894. The molecule has 0 aliphatic carbocycles. The minimum Gasteiger partial charge on any atom is -0.417 e. The molecular formula is C48H60N8O10S2Si2. The maximum absolute atomic E-state index is 13.9. The second kappa shape index (κ2) is 16.5.